The fraction of sp³-hybridized carbons (Fsp3) is 0.700. The zero-order valence-electron chi connectivity index (χ0n) is 16.3. The van der Waals surface area contributed by atoms with Crippen LogP contribution in [0.1, 0.15) is 79.0 Å². The average Bonchev–Trinajstić information content (AvgIpc) is 2.32. The van der Waals surface area contributed by atoms with Crippen LogP contribution in [0.15, 0.2) is 12.1 Å². The van der Waals surface area contributed by atoms with E-state index < -0.39 is 0 Å². The van der Waals surface area contributed by atoms with Gasteiger partial charge in [-0.25, -0.2) is 0 Å². The van der Waals surface area contributed by atoms with Gasteiger partial charge in [-0.3, -0.25) is 0 Å². The predicted octanol–water partition coefficient (Wildman–Crippen LogP) is 5.32. The van der Waals surface area contributed by atoms with Crippen molar-refractivity contribution in [3.05, 3.63) is 28.8 Å². The van der Waals surface area contributed by atoms with Crippen molar-refractivity contribution in [3.63, 3.8) is 0 Å². The Morgan fingerprint density at radius 1 is 0.739 bits per heavy atom. The summed E-state index contributed by atoms with van der Waals surface area (Å²) in [5.74, 6) is 0.284. The molecule has 0 aliphatic heterocycles. The predicted molar refractivity (Wildman–Crippen MR) is 95.9 cm³/mol. The fourth-order valence-electron chi connectivity index (χ4n) is 2.00. The van der Waals surface area contributed by atoms with Crippen LogP contribution in [0.4, 0.5) is 0 Å². The van der Waals surface area contributed by atoms with Gasteiger partial charge in [0.2, 0.25) is 0 Å². The number of phenolic OH excluding ortho intramolecular Hbond substituents is 1. The fourth-order valence-corrected chi connectivity index (χ4v) is 2.00. The van der Waals surface area contributed by atoms with Gasteiger partial charge in [0.05, 0.1) is 24.4 Å². The highest BCUT2D eigenvalue weighted by atomic mass is 16.5. The minimum absolute atomic E-state index is 0.000660. The summed E-state index contributed by atoms with van der Waals surface area (Å²) in [4.78, 5) is 0. The lowest BCUT2D eigenvalue weighted by molar-refractivity contribution is -0.0185. The Labute approximate surface area is 142 Å². The first-order valence-corrected chi connectivity index (χ1v) is 8.32. The van der Waals surface area contributed by atoms with E-state index in [4.69, 9.17) is 9.47 Å². The smallest absolute Gasteiger partial charge is 0.126 e. The SMILES string of the molecule is CC(C)(C)OCc1cc(C(C)(C)C)cc(COC(C)(C)C)c1O. The van der Waals surface area contributed by atoms with Gasteiger partial charge in [0, 0.05) is 11.1 Å². The van der Waals surface area contributed by atoms with Crippen molar-refractivity contribution >= 4 is 0 Å². The van der Waals surface area contributed by atoms with E-state index in [-0.39, 0.29) is 22.4 Å². The molecule has 0 atom stereocenters. The molecule has 23 heavy (non-hydrogen) atoms. The van der Waals surface area contributed by atoms with E-state index in [1.165, 1.54) is 5.56 Å². The summed E-state index contributed by atoms with van der Waals surface area (Å²) in [5, 5.41) is 10.6. The molecule has 0 aromatic heterocycles. The molecule has 0 heterocycles. The summed E-state index contributed by atoms with van der Waals surface area (Å²) in [6.07, 6.45) is 0. The molecule has 0 saturated carbocycles. The number of ether oxygens (including phenoxy) is 2. The van der Waals surface area contributed by atoms with E-state index in [1.54, 1.807) is 0 Å². The Morgan fingerprint density at radius 3 is 1.35 bits per heavy atom. The van der Waals surface area contributed by atoms with E-state index in [9.17, 15) is 5.11 Å². The summed E-state index contributed by atoms with van der Waals surface area (Å²) in [6.45, 7) is 19.4. The van der Waals surface area contributed by atoms with E-state index in [0.29, 0.717) is 13.2 Å². The van der Waals surface area contributed by atoms with Crippen molar-refractivity contribution in [2.75, 3.05) is 0 Å². The van der Waals surface area contributed by atoms with Crippen molar-refractivity contribution in [1.29, 1.82) is 0 Å². The van der Waals surface area contributed by atoms with Crippen molar-refractivity contribution in [2.24, 2.45) is 0 Å². The van der Waals surface area contributed by atoms with E-state index in [1.807, 2.05) is 53.7 Å². The first-order valence-electron chi connectivity index (χ1n) is 8.32. The number of benzene rings is 1. The maximum absolute atomic E-state index is 10.6. The topological polar surface area (TPSA) is 38.7 Å². The van der Waals surface area contributed by atoms with Gasteiger partial charge in [0.25, 0.3) is 0 Å². The molecule has 0 saturated heterocycles. The second-order valence-electron chi connectivity index (χ2n) is 9.20. The second kappa shape index (κ2) is 6.82. The monoisotopic (exact) mass is 322 g/mol. The maximum atomic E-state index is 10.6. The largest absolute Gasteiger partial charge is 0.507 e. The molecule has 0 amide bonds. The summed E-state index contributed by atoms with van der Waals surface area (Å²) in [7, 11) is 0. The van der Waals surface area contributed by atoms with Crippen LogP contribution in [0.2, 0.25) is 0 Å². The number of rotatable bonds is 4. The molecule has 1 aromatic carbocycles. The third kappa shape index (κ3) is 6.92. The molecule has 0 bridgehead atoms. The standard InChI is InChI=1S/C20H34O3/c1-18(2,3)16-10-14(12-22-19(4,5)6)17(21)15(11-16)13-23-20(7,8)9/h10-11,21H,12-13H2,1-9H3. The molecular weight excluding hydrogens is 288 g/mol. The summed E-state index contributed by atoms with van der Waals surface area (Å²) in [5.41, 5.74) is 2.33. The van der Waals surface area contributed by atoms with E-state index in [2.05, 4.69) is 20.8 Å². The van der Waals surface area contributed by atoms with Gasteiger partial charge < -0.3 is 14.6 Å². The molecule has 0 radical (unpaired) electrons. The van der Waals surface area contributed by atoms with Crippen LogP contribution in [0, 0.1) is 0 Å². The average molecular weight is 322 g/mol. The maximum Gasteiger partial charge on any atom is 0.126 e. The van der Waals surface area contributed by atoms with Gasteiger partial charge in [-0.2, -0.15) is 0 Å². The molecule has 3 nitrogen and oxygen atoms in total. The van der Waals surface area contributed by atoms with Crippen LogP contribution >= 0.6 is 0 Å². The zero-order valence-corrected chi connectivity index (χ0v) is 16.3. The van der Waals surface area contributed by atoms with Crippen LogP contribution in [-0.2, 0) is 28.1 Å². The van der Waals surface area contributed by atoms with Crippen molar-refractivity contribution in [3.8, 4) is 5.75 Å². The molecule has 3 heteroatoms. The van der Waals surface area contributed by atoms with Crippen molar-refractivity contribution in [1.82, 2.24) is 0 Å². The Hall–Kier alpha value is -1.06. The van der Waals surface area contributed by atoms with E-state index >= 15 is 0 Å². The Morgan fingerprint density at radius 2 is 1.09 bits per heavy atom. The Kier molecular flexibility index (Phi) is 5.93. The highest BCUT2D eigenvalue weighted by Gasteiger charge is 2.21. The first kappa shape index (κ1) is 20.0. The van der Waals surface area contributed by atoms with E-state index in [0.717, 1.165) is 11.1 Å². The number of phenols is 1. The quantitative estimate of drug-likeness (QED) is 0.815. The lowest BCUT2D eigenvalue weighted by atomic mass is 9.84. The van der Waals surface area contributed by atoms with Crippen LogP contribution in [0.3, 0.4) is 0 Å². The molecule has 0 unspecified atom stereocenters. The molecular formula is C20H34O3. The zero-order chi connectivity index (χ0) is 18.1. The van der Waals surface area contributed by atoms with Gasteiger partial charge in [0.1, 0.15) is 5.75 Å². The van der Waals surface area contributed by atoms with Crippen LogP contribution in [0.5, 0.6) is 5.75 Å². The minimum atomic E-state index is -0.244. The number of hydrogen-bond acceptors (Lipinski definition) is 3. The normalized spacial score (nSPS) is 13.4. The minimum Gasteiger partial charge on any atom is -0.507 e. The molecule has 0 aliphatic carbocycles. The summed E-state index contributed by atoms with van der Waals surface area (Å²) < 4.78 is 11.7. The highest BCUT2D eigenvalue weighted by molar-refractivity contribution is 5.45. The molecule has 0 aliphatic rings. The van der Waals surface area contributed by atoms with Crippen LogP contribution < -0.4 is 0 Å². The first-order chi connectivity index (χ1) is 10.2. The van der Waals surface area contributed by atoms with Crippen LogP contribution in [-0.4, -0.2) is 16.3 Å². The lowest BCUT2D eigenvalue weighted by Gasteiger charge is -2.26. The van der Waals surface area contributed by atoms with Gasteiger partial charge in [-0.1, -0.05) is 20.8 Å². The Bertz CT molecular complexity index is 486. The summed E-state index contributed by atoms with van der Waals surface area (Å²) in [6, 6.07) is 4.09. The third-order valence-electron chi connectivity index (χ3n) is 3.46. The second-order valence-corrected chi connectivity index (χ2v) is 9.20. The van der Waals surface area contributed by atoms with Gasteiger partial charge >= 0.3 is 0 Å². The molecule has 0 fully saturated rings. The van der Waals surface area contributed by atoms with Gasteiger partial charge in [-0.05, 0) is 64.7 Å². The molecule has 1 aromatic rings. The van der Waals surface area contributed by atoms with Gasteiger partial charge in [-0.15, -0.1) is 0 Å². The summed E-state index contributed by atoms with van der Waals surface area (Å²) >= 11 is 0. The molecule has 1 N–H and O–H groups in total. The molecule has 132 valence electrons. The third-order valence-corrected chi connectivity index (χ3v) is 3.46. The van der Waals surface area contributed by atoms with Gasteiger partial charge in [0.15, 0.2) is 0 Å². The van der Waals surface area contributed by atoms with Crippen LogP contribution in [0.25, 0.3) is 0 Å². The lowest BCUT2D eigenvalue weighted by Crippen LogP contribution is -2.21. The molecule has 0 spiro atoms. The number of hydrogen-bond donors (Lipinski definition) is 1. The highest BCUT2D eigenvalue weighted by Crippen LogP contribution is 2.33. The number of aromatic hydroxyl groups is 1. The van der Waals surface area contributed by atoms with Crippen molar-refractivity contribution < 1.29 is 14.6 Å². The Balaban J connectivity index is 3.17. The molecule has 1 rings (SSSR count). The van der Waals surface area contributed by atoms with Crippen molar-refractivity contribution in [2.45, 2.75) is 92.1 Å².